The smallest absolute Gasteiger partial charge is 0.261 e. The molecule has 25 heavy (non-hydrogen) atoms. The van der Waals surface area contributed by atoms with E-state index in [0.29, 0.717) is 36.8 Å². The summed E-state index contributed by atoms with van der Waals surface area (Å²) in [5, 5.41) is 0. The third-order valence-corrected chi connectivity index (χ3v) is 5.74. The van der Waals surface area contributed by atoms with Gasteiger partial charge in [-0.15, -0.1) is 0 Å². The van der Waals surface area contributed by atoms with Crippen LogP contribution in [0.25, 0.3) is 0 Å². The molecule has 0 radical (unpaired) electrons. The highest BCUT2D eigenvalue weighted by Crippen LogP contribution is 2.20. The van der Waals surface area contributed by atoms with Gasteiger partial charge >= 0.3 is 0 Å². The van der Waals surface area contributed by atoms with Gasteiger partial charge in [0.1, 0.15) is 0 Å². The summed E-state index contributed by atoms with van der Waals surface area (Å²) in [7, 11) is -3.63. The van der Waals surface area contributed by atoms with E-state index in [2.05, 4.69) is 4.72 Å². The number of likely N-dealkylation sites (tertiary alicyclic amines) is 1. The van der Waals surface area contributed by atoms with E-state index in [1.54, 1.807) is 47.4 Å². The van der Waals surface area contributed by atoms with Crippen LogP contribution in [-0.4, -0.2) is 38.9 Å². The number of hydrogen-bond acceptors (Lipinski definition) is 4. The number of nitrogens with one attached hydrogen (secondary N) is 1. The van der Waals surface area contributed by atoms with Crippen LogP contribution in [0.15, 0.2) is 59.5 Å². The van der Waals surface area contributed by atoms with Crippen LogP contribution in [0.1, 0.15) is 16.8 Å². The van der Waals surface area contributed by atoms with Crippen molar-refractivity contribution in [2.75, 3.05) is 24.4 Å². The number of anilines is 1. The molecule has 1 atom stereocenters. The Hall–Kier alpha value is -2.38. The van der Waals surface area contributed by atoms with E-state index in [9.17, 15) is 13.2 Å². The van der Waals surface area contributed by atoms with Gasteiger partial charge in [0, 0.05) is 24.3 Å². The maximum absolute atomic E-state index is 12.5. The zero-order valence-electron chi connectivity index (χ0n) is 13.8. The van der Waals surface area contributed by atoms with Crippen molar-refractivity contribution >= 4 is 21.6 Å². The molecule has 3 rings (SSSR count). The molecule has 1 saturated heterocycles. The Bertz CT molecular complexity index is 836. The summed E-state index contributed by atoms with van der Waals surface area (Å²) >= 11 is 0. The van der Waals surface area contributed by atoms with E-state index in [-0.39, 0.29) is 10.8 Å². The van der Waals surface area contributed by atoms with Crippen molar-refractivity contribution in [2.45, 2.75) is 11.3 Å². The van der Waals surface area contributed by atoms with E-state index in [4.69, 9.17) is 5.73 Å². The first-order chi connectivity index (χ1) is 12.0. The summed E-state index contributed by atoms with van der Waals surface area (Å²) in [5.74, 6) is 0.314. The lowest BCUT2D eigenvalue weighted by atomic mass is 10.1. The van der Waals surface area contributed by atoms with E-state index in [1.165, 1.54) is 12.1 Å². The highest BCUT2D eigenvalue weighted by molar-refractivity contribution is 7.92. The number of amides is 1. The second-order valence-electron chi connectivity index (χ2n) is 6.14. The van der Waals surface area contributed by atoms with Crippen LogP contribution in [-0.2, 0) is 10.0 Å². The second kappa shape index (κ2) is 7.25. The molecular formula is C18H21N3O3S. The molecule has 132 valence electrons. The number of carbonyl (C=O) groups is 1. The molecule has 1 heterocycles. The first-order valence-corrected chi connectivity index (χ1v) is 9.65. The van der Waals surface area contributed by atoms with Crippen LogP contribution < -0.4 is 10.5 Å². The predicted octanol–water partition coefficient (Wildman–Crippen LogP) is 1.91. The minimum Gasteiger partial charge on any atom is -0.338 e. The average molecular weight is 359 g/mol. The van der Waals surface area contributed by atoms with Gasteiger partial charge in [-0.2, -0.15) is 0 Å². The highest BCUT2D eigenvalue weighted by Gasteiger charge is 2.26. The Labute approximate surface area is 147 Å². The highest BCUT2D eigenvalue weighted by atomic mass is 32.2. The monoisotopic (exact) mass is 359 g/mol. The van der Waals surface area contributed by atoms with Crippen molar-refractivity contribution in [2.24, 2.45) is 11.7 Å². The first kappa shape index (κ1) is 17.4. The van der Waals surface area contributed by atoms with Gasteiger partial charge in [-0.05, 0) is 55.3 Å². The van der Waals surface area contributed by atoms with Crippen LogP contribution in [0.4, 0.5) is 5.69 Å². The number of sulfonamides is 1. The minimum atomic E-state index is -3.63. The number of nitrogens with two attached hydrogens (primary N) is 1. The van der Waals surface area contributed by atoms with Crippen LogP contribution in [0.2, 0.25) is 0 Å². The predicted molar refractivity (Wildman–Crippen MR) is 96.8 cm³/mol. The van der Waals surface area contributed by atoms with Gasteiger partial charge in [0.15, 0.2) is 0 Å². The summed E-state index contributed by atoms with van der Waals surface area (Å²) < 4.78 is 27.1. The normalized spacial score (nSPS) is 17.5. The molecule has 0 saturated carbocycles. The van der Waals surface area contributed by atoms with Crippen LogP contribution in [0.3, 0.4) is 0 Å². The molecule has 2 aromatic carbocycles. The summed E-state index contributed by atoms with van der Waals surface area (Å²) in [5.41, 5.74) is 6.62. The molecule has 0 spiro atoms. The first-order valence-electron chi connectivity index (χ1n) is 8.17. The molecule has 6 nitrogen and oxygen atoms in total. The molecule has 1 aliphatic heterocycles. The van der Waals surface area contributed by atoms with Crippen LogP contribution in [0.5, 0.6) is 0 Å². The number of carbonyl (C=O) groups excluding carboxylic acids is 1. The third kappa shape index (κ3) is 4.00. The van der Waals surface area contributed by atoms with Gasteiger partial charge in [-0.1, -0.05) is 18.2 Å². The average Bonchev–Trinajstić information content (AvgIpc) is 3.11. The van der Waals surface area contributed by atoms with E-state index in [0.717, 1.165) is 6.42 Å². The van der Waals surface area contributed by atoms with Crippen LogP contribution >= 0.6 is 0 Å². The van der Waals surface area contributed by atoms with E-state index in [1.807, 2.05) is 0 Å². The molecule has 1 aliphatic rings. The second-order valence-corrected chi connectivity index (χ2v) is 7.82. The third-order valence-electron chi connectivity index (χ3n) is 4.34. The largest absolute Gasteiger partial charge is 0.338 e. The quantitative estimate of drug-likeness (QED) is 0.853. The van der Waals surface area contributed by atoms with Crippen molar-refractivity contribution in [3.63, 3.8) is 0 Å². The molecule has 0 bridgehead atoms. The SMILES string of the molecule is NCC1CCN(C(=O)c2ccc(NS(=O)(=O)c3ccccc3)cc2)C1. The number of nitrogens with zero attached hydrogens (tertiary/aromatic N) is 1. The fraction of sp³-hybridized carbons (Fsp3) is 0.278. The van der Waals surface area contributed by atoms with Gasteiger partial charge in [0.05, 0.1) is 4.90 Å². The summed E-state index contributed by atoms with van der Waals surface area (Å²) in [6.45, 7) is 1.98. The van der Waals surface area contributed by atoms with Gasteiger partial charge < -0.3 is 10.6 Å². The Balaban J connectivity index is 1.69. The zero-order chi connectivity index (χ0) is 17.9. The van der Waals surface area contributed by atoms with Gasteiger partial charge in [-0.25, -0.2) is 8.42 Å². The Kier molecular flexibility index (Phi) is 5.06. The van der Waals surface area contributed by atoms with Crippen LogP contribution in [0, 0.1) is 5.92 Å². The fourth-order valence-corrected chi connectivity index (χ4v) is 3.97. The maximum Gasteiger partial charge on any atom is 0.261 e. The molecular weight excluding hydrogens is 338 g/mol. The summed E-state index contributed by atoms with van der Waals surface area (Å²) in [4.78, 5) is 14.5. The van der Waals surface area contributed by atoms with Crippen molar-refractivity contribution in [1.82, 2.24) is 4.90 Å². The lowest BCUT2D eigenvalue weighted by Crippen LogP contribution is -2.29. The number of hydrogen-bond donors (Lipinski definition) is 2. The molecule has 0 aromatic heterocycles. The van der Waals surface area contributed by atoms with E-state index >= 15 is 0 Å². The summed E-state index contributed by atoms with van der Waals surface area (Å²) in [6, 6.07) is 14.6. The number of benzene rings is 2. The molecule has 3 N–H and O–H groups in total. The van der Waals surface area contributed by atoms with Crippen molar-refractivity contribution in [3.8, 4) is 0 Å². The van der Waals surface area contributed by atoms with Gasteiger partial charge in [0.25, 0.3) is 15.9 Å². The Morgan fingerprint density at radius 3 is 2.40 bits per heavy atom. The number of rotatable bonds is 5. The lowest BCUT2D eigenvalue weighted by Gasteiger charge is -2.16. The standard InChI is InChI=1S/C18H21N3O3S/c19-12-14-10-11-21(13-14)18(22)15-6-8-16(9-7-15)20-25(23,24)17-4-2-1-3-5-17/h1-9,14,20H,10-13,19H2. The minimum absolute atomic E-state index is 0.0478. The van der Waals surface area contributed by atoms with Crippen molar-refractivity contribution in [3.05, 3.63) is 60.2 Å². The van der Waals surface area contributed by atoms with E-state index < -0.39 is 10.0 Å². The zero-order valence-corrected chi connectivity index (χ0v) is 14.6. The molecule has 0 aliphatic carbocycles. The Morgan fingerprint density at radius 1 is 1.12 bits per heavy atom. The maximum atomic E-state index is 12.5. The molecule has 1 unspecified atom stereocenters. The van der Waals surface area contributed by atoms with Gasteiger partial charge in [0.2, 0.25) is 0 Å². The fourth-order valence-electron chi connectivity index (χ4n) is 2.89. The molecule has 1 fully saturated rings. The van der Waals surface area contributed by atoms with Crippen molar-refractivity contribution in [1.29, 1.82) is 0 Å². The molecule has 1 amide bonds. The van der Waals surface area contributed by atoms with Gasteiger partial charge in [-0.3, -0.25) is 9.52 Å². The molecule has 7 heteroatoms. The summed E-state index contributed by atoms with van der Waals surface area (Å²) in [6.07, 6.45) is 0.928. The Morgan fingerprint density at radius 2 is 1.80 bits per heavy atom. The molecule has 2 aromatic rings. The topological polar surface area (TPSA) is 92.5 Å². The van der Waals surface area contributed by atoms with Crippen molar-refractivity contribution < 1.29 is 13.2 Å². The lowest BCUT2D eigenvalue weighted by molar-refractivity contribution is 0.0787.